The predicted molar refractivity (Wildman–Crippen MR) is 96.1 cm³/mol. The molecule has 0 rings (SSSR count). The Morgan fingerprint density at radius 3 is 1.91 bits per heavy atom. The minimum Gasteiger partial charge on any atom is -0.461 e. The van der Waals surface area contributed by atoms with Gasteiger partial charge in [0.15, 0.2) is 18.1 Å². The fourth-order valence-corrected chi connectivity index (χ4v) is 4.18. The summed E-state index contributed by atoms with van der Waals surface area (Å²) in [6.45, 7) is 12.5. The van der Waals surface area contributed by atoms with Crippen molar-refractivity contribution in [2.24, 2.45) is 5.73 Å². The fraction of sp³-hybridized carbons (Fsp3) is 0.786. The maximum atomic E-state index is 11.3. The summed E-state index contributed by atoms with van der Waals surface area (Å²) in [5.74, 6) is -0.298. The Balaban J connectivity index is 0. The molecule has 0 aromatic heterocycles. The van der Waals surface area contributed by atoms with Crippen molar-refractivity contribution in [1.29, 1.82) is 0 Å². The summed E-state index contributed by atoms with van der Waals surface area (Å²) in [4.78, 5) is 11.3. The van der Waals surface area contributed by atoms with E-state index in [0.717, 1.165) is 6.42 Å². The molecule has 0 radical (unpaired) electrons. The number of aliphatic hydroxyl groups excluding tert-OH is 3. The molecule has 1 atom stereocenters. The number of hydrogen-bond donors (Lipinski definition) is 4. The highest BCUT2D eigenvalue weighted by molar-refractivity contribution is 6.74. The zero-order valence-corrected chi connectivity index (χ0v) is 17.4. The van der Waals surface area contributed by atoms with Crippen LogP contribution in [0.25, 0.3) is 0 Å². The Bertz CT molecular complexity index is 347. The largest absolute Gasteiger partial charge is 0.461 e. The minimum absolute atomic E-state index is 0.0130. The van der Waals surface area contributed by atoms with Crippen LogP contribution in [0.15, 0.2) is 12.2 Å². The molecular weight excluding hydrogens is 334 g/mol. The van der Waals surface area contributed by atoms with Gasteiger partial charge in [0.1, 0.15) is 5.73 Å². The van der Waals surface area contributed by atoms with E-state index in [-0.39, 0.29) is 11.7 Å². The Labute approximate surface area is 142 Å². The highest BCUT2D eigenvalue weighted by atomic mass is 28.4. The Hall–Kier alpha value is -0.556. The molecule has 0 saturated heterocycles. The van der Waals surface area contributed by atoms with Gasteiger partial charge in [-0.1, -0.05) is 13.5 Å². The second-order valence-electron chi connectivity index (χ2n) is 6.48. The lowest BCUT2D eigenvalue weighted by atomic mass is 10.1. The first-order chi connectivity index (χ1) is 10.4. The monoisotopic (exact) mass is 367 g/mol. The summed E-state index contributed by atoms with van der Waals surface area (Å²) in [6, 6.07) is 0. The van der Waals surface area contributed by atoms with Gasteiger partial charge in [0.2, 0.25) is 0 Å². The van der Waals surface area contributed by atoms with Crippen LogP contribution >= 0.6 is 0 Å². The van der Waals surface area contributed by atoms with E-state index in [1.54, 1.807) is 6.92 Å². The zero-order chi connectivity index (χ0) is 18.7. The van der Waals surface area contributed by atoms with Gasteiger partial charge in [-0.3, -0.25) is 0 Å². The van der Waals surface area contributed by atoms with Crippen molar-refractivity contribution in [3.05, 3.63) is 12.2 Å². The molecule has 0 amide bonds. The number of hydrogen-bond acceptors (Lipinski definition) is 7. The summed E-state index contributed by atoms with van der Waals surface area (Å²) < 4.78 is 11.1. The van der Waals surface area contributed by atoms with Crippen molar-refractivity contribution >= 4 is 24.0 Å². The summed E-state index contributed by atoms with van der Waals surface area (Å²) in [5.41, 5.74) is 4.38. The summed E-state index contributed by atoms with van der Waals surface area (Å²) in [5, 5.41) is 25.0. The van der Waals surface area contributed by atoms with Crippen molar-refractivity contribution in [1.82, 2.24) is 0 Å². The SMILES string of the molecule is C=C(C)C(=O)OC(CC)[SiH2]O[Si](C)(C)C.NC(CO)(CO)CO. The van der Waals surface area contributed by atoms with Gasteiger partial charge >= 0.3 is 5.97 Å². The molecule has 0 spiro atoms. The van der Waals surface area contributed by atoms with E-state index in [2.05, 4.69) is 26.2 Å². The Morgan fingerprint density at radius 2 is 1.70 bits per heavy atom. The van der Waals surface area contributed by atoms with E-state index in [1.165, 1.54) is 0 Å². The lowest BCUT2D eigenvalue weighted by Gasteiger charge is -2.22. The third-order valence-corrected chi connectivity index (χ3v) is 7.97. The average Bonchev–Trinajstić information content (AvgIpc) is 2.49. The number of esters is 1. The van der Waals surface area contributed by atoms with Gasteiger partial charge in [0.05, 0.1) is 25.4 Å². The van der Waals surface area contributed by atoms with Crippen LogP contribution in [0, 0.1) is 0 Å². The van der Waals surface area contributed by atoms with E-state index in [9.17, 15) is 4.79 Å². The molecule has 0 heterocycles. The normalized spacial score (nSPS) is 13.4. The van der Waals surface area contributed by atoms with Gasteiger partial charge in [-0.15, -0.1) is 0 Å². The molecule has 5 N–H and O–H groups in total. The first kappa shape index (κ1) is 24.7. The smallest absolute Gasteiger partial charge is 0.333 e. The van der Waals surface area contributed by atoms with Gasteiger partial charge in [-0.05, 0) is 33.0 Å². The third kappa shape index (κ3) is 13.6. The summed E-state index contributed by atoms with van der Waals surface area (Å²) in [7, 11) is -2.24. The van der Waals surface area contributed by atoms with E-state index >= 15 is 0 Å². The second kappa shape index (κ2) is 11.9. The van der Waals surface area contributed by atoms with E-state index in [0.29, 0.717) is 5.57 Å². The molecule has 0 fully saturated rings. The molecule has 0 aromatic rings. The molecule has 0 bridgehead atoms. The lowest BCUT2D eigenvalue weighted by Crippen LogP contribution is -2.50. The van der Waals surface area contributed by atoms with E-state index in [4.69, 9.17) is 29.9 Å². The predicted octanol–water partition coefficient (Wildman–Crippen LogP) is -0.562. The standard InChI is InChI=1S/C10H22O3Si2.C4H11NO3/c1-7-9(12-10(11)8(2)3)14-13-15(4,5)6;5-4(1-6,2-7)3-8/h9H,2,7,14H2,1,3-6H3;6-8H,1-3,5H2. The molecule has 7 nitrogen and oxygen atoms in total. The van der Waals surface area contributed by atoms with Crippen LogP contribution in [-0.2, 0) is 13.6 Å². The van der Waals surface area contributed by atoms with Gasteiger partial charge in [0, 0.05) is 5.57 Å². The first-order valence-corrected chi connectivity index (χ1v) is 12.4. The van der Waals surface area contributed by atoms with E-state index in [1.807, 2.05) is 6.92 Å². The quantitative estimate of drug-likeness (QED) is 0.245. The molecular formula is C14H33NO6Si2. The van der Waals surface area contributed by atoms with Gasteiger partial charge in [-0.25, -0.2) is 4.79 Å². The number of carbonyl (C=O) groups excluding carboxylic acids is 1. The number of aliphatic hydroxyl groups is 3. The van der Waals surface area contributed by atoms with Gasteiger partial charge in [-0.2, -0.15) is 0 Å². The number of nitrogens with two attached hydrogens (primary N) is 1. The van der Waals surface area contributed by atoms with Crippen LogP contribution in [0.2, 0.25) is 19.6 Å². The van der Waals surface area contributed by atoms with E-state index < -0.39 is 43.4 Å². The highest BCUT2D eigenvalue weighted by Crippen LogP contribution is 2.07. The fourth-order valence-electron chi connectivity index (χ4n) is 0.980. The molecule has 0 aliphatic heterocycles. The highest BCUT2D eigenvalue weighted by Gasteiger charge is 2.21. The van der Waals surface area contributed by atoms with Crippen molar-refractivity contribution in [2.45, 2.75) is 51.2 Å². The van der Waals surface area contributed by atoms with Crippen molar-refractivity contribution in [3.63, 3.8) is 0 Å². The number of ether oxygens (including phenoxy) is 1. The van der Waals surface area contributed by atoms with Crippen LogP contribution in [0.4, 0.5) is 0 Å². The maximum Gasteiger partial charge on any atom is 0.333 e. The molecule has 0 aliphatic rings. The first-order valence-electron chi connectivity index (χ1n) is 7.56. The molecule has 0 aliphatic carbocycles. The van der Waals surface area contributed by atoms with Crippen LogP contribution < -0.4 is 5.73 Å². The summed E-state index contributed by atoms with van der Waals surface area (Å²) >= 11 is 0. The molecule has 138 valence electrons. The molecule has 0 saturated carbocycles. The number of rotatable bonds is 9. The van der Waals surface area contributed by atoms with Gasteiger partial charge in [0.25, 0.3) is 0 Å². The summed E-state index contributed by atoms with van der Waals surface area (Å²) in [6.07, 6.45) is 0.829. The van der Waals surface area contributed by atoms with Crippen LogP contribution in [0.5, 0.6) is 0 Å². The van der Waals surface area contributed by atoms with Crippen molar-refractivity contribution in [2.75, 3.05) is 19.8 Å². The maximum absolute atomic E-state index is 11.3. The van der Waals surface area contributed by atoms with Crippen LogP contribution in [0.3, 0.4) is 0 Å². The minimum atomic E-state index is -1.47. The topological polar surface area (TPSA) is 122 Å². The average molecular weight is 368 g/mol. The van der Waals surface area contributed by atoms with Gasteiger partial charge < -0.3 is 29.9 Å². The Kier molecular flexibility index (Phi) is 12.8. The Morgan fingerprint density at radius 1 is 1.26 bits per heavy atom. The molecule has 23 heavy (non-hydrogen) atoms. The van der Waals surface area contributed by atoms with Crippen molar-refractivity contribution in [3.8, 4) is 0 Å². The van der Waals surface area contributed by atoms with Crippen LogP contribution in [-0.4, -0.2) is 70.5 Å². The molecule has 9 heteroatoms. The lowest BCUT2D eigenvalue weighted by molar-refractivity contribution is -0.141. The molecule has 1 unspecified atom stereocenters. The second-order valence-corrected chi connectivity index (χ2v) is 13.1. The number of carbonyl (C=O) groups is 1. The zero-order valence-electron chi connectivity index (χ0n) is 15.0. The third-order valence-electron chi connectivity index (χ3n) is 2.72. The van der Waals surface area contributed by atoms with Crippen LogP contribution in [0.1, 0.15) is 20.3 Å². The molecule has 0 aromatic carbocycles. The van der Waals surface area contributed by atoms with Crippen molar-refractivity contribution < 1.29 is 29.0 Å².